The molecule has 1 aromatic rings. The number of ketones is 1. The molecule has 7 atom stereocenters. The number of hydrogen-bond donors (Lipinski definition) is 2. The van der Waals surface area contributed by atoms with E-state index in [9.17, 15) is 9.90 Å². The summed E-state index contributed by atoms with van der Waals surface area (Å²) < 4.78 is 0. The summed E-state index contributed by atoms with van der Waals surface area (Å²) in [7, 11) is 0. The summed E-state index contributed by atoms with van der Waals surface area (Å²) in [5.41, 5.74) is 8.43. The van der Waals surface area contributed by atoms with Gasteiger partial charge in [-0.05, 0) is 98.3 Å². The van der Waals surface area contributed by atoms with E-state index in [4.69, 9.17) is 5.73 Å². The molecule has 0 amide bonds. The molecule has 0 aliphatic heterocycles. The summed E-state index contributed by atoms with van der Waals surface area (Å²) in [6.45, 7) is 6.56. The lowest BCUT2D eigenvalue weighted by atomic mass is 9.43. The van der Waals surface area contributed by atoms with Crippen LogP contribution in [0.25, 0.3) is 0 Å². The minimum Gasteiger partial charge on any atom is -0.399 e. The van der Waals surface area contributed by atoms with Crippen LogP contribution in [-0.4, -0.2) is 16.5 Å². The number of carbonyl (C=O) groups is 1. The summed E-state index contributed by atoms with van der Waals surface area (Å²) in [6.07, 6.45) is 8.46. The van der Waals surface area contributed by atoms with Crippen molar-refractivity contribution in [1.82, 2.24) is 0 Å². The van der Waals surface area contributed by atoms with Crippen LogP contribution >= 0.6 is 0 Å². The molecule has 0 aromatic heterocycles. The first-order chi connectivity index (χ1) is 14.7. The molecule has 7 unspecified atom stereocenters. The van der Waals surface area contributed by atoms with Crippen molar-refractivity contribution in [3.63, 3.8) is 0 Å². The van der Waals surface area contributed by atoms with Gasteiger partial charge < -0.3 is 10.8 Å². The molecule has 3 fully saturated rings. The number of nitrogen functional groups attached to an aromatic ring is 1. The average Bonchev–Trinajstić information content (AvgIpc) is 2.99. The van der Waals surface area contributed by atoms with E-state index in [0.717, 1.165) is 44.2 Å². The fourth-order valence-electron chi connectivity index (χ4n) is 8.23. The van der Waals surface area contributed by atoms with E-state index in [1.54, 1.807) is 0 Å². The third-order valence-electron chi connectivity index (χ3n) is 9.77. The van der Waals surface area contributed by atoms with Crippen LogP contribution in [0, 0.1) is 40.4 Å². The zero-order valence-corrected chi connectivity index (χ0v) is 19.1. The summed E-state index contributed by atoms with van der Waals surface area (Å²) in [6, 6.07) is 8.40. The Hall–Kier alpha value is -2.05. The largest absolute Gasteiger partial charge is 0.399 e. The second-order valence-electron chi connectivity index (χ2n) is 11.1. The SMILES string of the molecule is CC#CC1(O)CCC2C3CCC4=CC(=O)CCC4(C)C3C(c3ccc(N)cc3)CC21C. The second-order valence-corrected chi connectivity index (χ2v) is 11.1. The molecule has 3 N–H and O–H groups in total. The maximum atomic E-state index is 12.3. The highest BCUT2D eigenvalue weighted by molar-refractivity contribution is 5.91. The first-order valence-electron chi connectivity index (χ1n) is 12.0. The van der Waals surface area contributed by atoms with Crippen LogP contribution in [0.4, 0.5) is 5.69 Å². The topological polar surface area (TPSA) is 63.3 Å². The van der Waals surface area contributed by atoms with Crippen LogP contribution in [0.15, 0.2) is 35.9 Å². The van der Waals surface area contributed by atoms with Gasteiger partial charge in [-0.1, -0.05) is 37.5 Å². The summed E-state index contributed by atoms with van der Waals surface area (Å²) in [5, 5.41) is 11.7. The van der Waals surface area contributed by atoms with Gasteiger partial charge in [-0.2, -0.15) is 0 Å². The third-order valence-corrected chi connectivity index (χ3v) is 9.77. The van der Waals surface area contributed by atoms with Crippen molar-refractivity contribution in [3.8, 4) is 11.8 Å². The van der Waals surface area contributed by atoms with Crippen LogP contribution in [0.1, 0.15) is 77.2 Å². The van der Waals surface area contributed by atoms with E-state index >= 15 is 0 Å². The summed E-state index contributed by atoms with van der Waals surface area (Å²) >= 11 is 0. The molecule has 3 nitrogen and oxygen atoms in total. The van der Waals surface area contributed by atoms with E-state index < -0.39 is 5.60 Å². The molecular formula is C28H35NO2. The van der Waals surface area contributed by atoms with Gasteiger partial charge in [0, 0.05) is 17.5 Å². The van der Waals surface area contributed by atoms with Gasteiger partial charge in [0.1, 0.15) is 5.60 Å². The number of carbonyl (C=O) groups excluding carboxylic acids is 1. The zero-order chi connectivity index (χ0) is 22.0. The van der Waals surface area contributed by atoms with Crippen molar-refractivity contribution in [2.75, 3.05) is 5.73 Å². The molecule has 31 heavy (non-hydrogen) atoms. The number of nitrogens with two attached hydrogens (primary N) is 1. The highest BCUT2D eigenvalue weighted by atomic mass is 16.3. The molecule has 164 valence electrons. The van der Waals surface area contributed by atoms with Crippen LogP contribution in [0.5, 0.6) is 0 Å². The lowest BCUT2D eigenvalue weighted by Gasteiger charge is -2.61. The first kappa shape index (κ1) is 20.8. The molecule has 5 rings (SSSR count). The molecule has 4 aliphatic rings. The van der Waals surface area contributed by atoms with Crippen molar-refractivity contribution in [2.45, 2.75) is 77.2 Å². The molecule has 0 radical (unpaired) electrons. The van der Waals surface area contributed by atoms with E-state index in [2.05, 4.69) is 37.8 Å². The highest BCUT2D eigenvalue weighted by Crippen LogP contribution is 2.70. The van der Waals surface area contributed by atoms with Crippen molar-refractivity contribution < 1.29 is 9.90 Å². The normalized spacial score (nSPS) is 43.7. The molecule has 0 bridgehead atoms. The van der Waals surface area contributed by atoms with Crippen molar-refractivity contribution in [1.29, 1.82) is 0 Å². The Labute approximate surface area is 186 Å². The lowest BCUT2D eigenvalue weighted by molar-refractivity contribution is -0.122. The Morgan fingerprint density at radius 2 is 1.84 bits per heavy atom. The summed E-state index contributed by atoms with van der Waals surface area (Å²) in [4.78, 5) is 12.3. The maximum Gasteiger partial charge on any atom is 0.155 e. The van der Waals surface area contributed by atoms with Crippen LogP contribution in [-0.2, 0) is 4.79 Å². The van der Waals surface area contributed by atoms with Gasteiger partial charge in [-0.3, -0.25) is 4.79 Å². The first-order valence-corrected chi connectivity index (χ1v) is 12.0. The number of allylic oxidation sites excluding steroid dienone is 1. The molecule has 3 heteroatoms. The number of hydrogen-bond acceptors (Lipinski definition) is 3. The minimum atomic E-state index is -0.914. The molecule has 0 spiro atoms. The van der Waals surface area contributed by atoms with Gasteiger partial charge in [0.2, 0.25) is 0 Å². The maximum absolute atomic E-state index is 12.3. The van der Waals surface area contributed by atoms with Crippen LogP contribution in [0.3, 0.4) is 0 Å². The van der Waals surface area contributed by atoms with E-state index in [0.29, 0.717) is 35.9 Å². The van der Waals surface area contributed by atoms with E-state index in [1.165, 1.54) is 11.1 Å². The molecule has 0 heterocycles. The Bertz CT molecular complexity index is 998. The lowest BCUT2D eigenvalue weighted by Crippen LogP contribution is -2.57. The number of anilines is 1. The zero-order valence-electron chi connectivity index (χ0n) is 19.1. The summed E-state index contributed by atoms with van der Waals surface area (Å²) in [5.74, 6) is 8.41. The highest BCUT2D eigenvalue weighted by Gasteiger charge is 2.66. The standard InChI is InChI=1S/C28H35NO2/c1-4-13-28(31)15-12-24-22-10-7-19-16-21(30)11-14-26(19,2)25(22)23(17-27(24,28)3)18-5-8-20(29)9-6-18/h5-6,8-9,16,22-25,31H,7,10-12,14-15,17,29H2,1-3H3. The smallest absolute Gasteiger partial charge is 0.155 e. The van der Waals surface area contributed by atoms with Crippen molar-refractivity contribution in [3.05, 3.63) is 41.5 Å². The fraction of sp³-hybridized carbons (Fsp3) is 0.607. The van der Waals surface area contributed by atoms with Gasteiger partial charge in [-0.15, -0.1) is 5.92 Å². The third kappa shape index (κ3) is 2.87. The van der Waals surface area contributed by atoms with Gasteiger partial charge in [0.15, 0.2) is 5.78 Å². The van der Waals surface area contributed by atoms with E-state index in [1.807, 2.05) is 25.1 Å². The average molecular weight is 418 g/mol. The molecule has 0 saturated heterocycles. The Balaban J connectivity index is 1.66. The quantitative estimate of drug-likeness (QED) is 0.485. The predicted octanol–water partition coefficient (Wildman–Crippen LogP) is 5.25. The van der Waals surface area contributed by atoms with Crippen molar-refractivity contribution >= 4 is 11.5 Å². The fourth-order valence-corrected chi connectivity index (χ4v) is 8.23. The number of aliphatic hydroxyl groups is 1. The van der Waals surface area contributed by atoms with Gasteiger partial charge in [0.05, 0.1) is 0 Å². The van der Waals surface area contributed by atoms with E-state index in [-0.39, 0.29) is 10.8 Å². The molecular weight excluding hydrogens is 382 g/mol. The second kappa shape index (κ2) is 6.97. The number of benzene rings is 1. The Morgan fingerprint density at radius 1 is 1.10 bits per heavy atom. The van der Waals surface area contributed by atoms with Gasteiger partial charge >= 0.3 is 0 Å². The van der Waals surface area contributed by atoms with Gasteiger partial charge in [0.25, 0.3) is 0 Å². The van der Waals surface area contributed by atoms with Gasteiger partial charge in [-0.25, -0.2) is 0 Å². The minimum absolute atomic E-state index is 0.0569. The van der Waals surface area contributed by atoms with Crippen molar-refractivity contribution in [2.24, 2.45) is 28.6 Å². The molecule has 4 aliphatic carbocycles. The molecule has 3 saturated carbocycles. The monoisotopic (exact) mass is 417 g/mol. The molecule has 1 aromatic carbocycles. The van der Waals surface area contributed by atoms with Crippen LogP contribution < -0.4 is 5.73 Å². The number of rotatable bonds is 1. The number of fused-ring (bicyclic) bond motifs is 5. The Morgan fingerprint density at radius 3 is 2.55 bits per heavy atom. The predicted molar refractivity (Wildman–Crippen MR) is 124 cm³/mol. The van der Waals surface area contributed by atoms with Crippen LogP contribution in [0.2, 0.25) is 0 Å². The Kier molecular flexibility index (Phi) is 4.69.